The smallest absolute Gasteiger partial charge is 0.307 e. The van der Waals surface area contributed by atoms with E-state index in [1.807, 2.05) is 26.0 Å². The lowest BCUT2D eigenvalue weighted by Crippen LogP contribution is -2.54. The molecule has 2 rings (SSSR count). The topological polar surface area (TPSA) is 59.7 Å². The lowest BCUT2D eigenvalue weighted by atomic mass is 9.70. The molecule has 1 aromatic rings. The number of hydrogen-bond acceptors (Lipinski definition) is 3. The highest BCUT2D eigenvalue weighted by molar-refractivity contribution is 5.72. The largest absolute Gasteiger partial charge is 0.481 e. The minimum Gasteiger partial charge on any atom is -0.481 e. The number of carboxylic acids is 1. The highest BCUT2D eigenvalue weighted by Crippen LogP contribution is 2.41. The van der Waals surface area contributed by atoms with Crippen molar-refractivity contribution in [2.24, 2.45) is 5.92 Å². The van der Waals surface area contributed by atoms with Crippen molar-refractivity contribution in [3.05, 3.63) is 23.7 Å². The zero-order valence-electron chi connectivity index (χ0n) is 9.53. The second-order valence-corrected chi connectivity index (χ2v) is 4.36. The first kappa shape index (κ1) is 11.2. The summed E-state index contributed by atoms with van der Waals surface area (Å²) < 4.78 is 10.8. The molecule has 1 atom stereocenters. The van der Waals surface area contributed by atoms with Crippen LogP contribution >= 0.6 is 0 Å². The monoisotopic (exact) mass is 224 g/mol. The van der Waals surface area contributed by atoms with Crippen molar-refractivity contribution in [1.82, 2.24) is 0 Å². The molecule has 0 aliphatic carbocycles. The van der Waals surface area contributed by atoms with Gasteiger partial charge in [0.2, 0.25) is 0 Å². The SMILES string of the molecule is CCC(C(=O)O)C1(c2ccc(C)o2)COC1. The van der Waals surface area contributed by atoms with Gasteiger partial charge in [-0.2, -0.15) is 0 Å². The van der Waals surface area contributed by atoms with Gasteiger partial charge in [-0.1, -0.05) is 6.92 Å². The fraction of sp³-hybridized carbons (Fsp3) is 0.583. The van der Waals surface area contributed by atoms with Gasteiger partial charge in [0.1, 0.15) is 11.5 Å². The van der Waals surface area contributed by atoms with Gasteiger partial charge in [-0.3, -0.25) is 4.79 Å². The summed E-state index contributed by atoms with van der Waals surface area (Å²) in [6.07, 6.45) is 0.582. The Morgan fingerprint density at radius 1 is 1.56 bits per heavy atom. The van der Waals surface area contributed by atoms with Crippen LogP contribution in [0.1, 0.15) is 24.9 Å². The molecule has 1 fully saturated rings. The van der Waals surface area contributed by atoms with E-state index in [0.29, 0.717) is 19.6 Å². The maximum absolute atomic E-state index is 11.3. The third-order valence-corrected chi connectivity index (χ3v) is 3.32. The zero-order chi connectivity index (χ0) is 11.8. The van der Waals surface area contributed by atoms with Gasteiger partial charge in [-0.15, -0.1) is 0 Å². The van der Waals surface area contributed by atoms with Crippen LogP contribution in [0.2, 0.25) is 0 Å². The molecule has 1 aliphatic heterocycles. The molecule has 0 amide bonds. The van der Waals surface area contributed by atoms with Gasteiger partial charge in [0.05, 0.1) is 24.5 Å². The van der Waals surface area contributed by atoms with E-state index in [1.165, 1.54) is 0 Å². The molecule has 0 radical (unpaired) electrons. The molecule has 1 N–H and O–H groups in total. The Morgan fingerprint density at radius 3 is 2.56 bits per heavy atom. The molecule has 1 unspecified atom stereocenters. The normalized spacial score (nSPS) is 20.1. The van der Waals surface area contributed by atoms with Gasteiger partial charge in [-0.05, 0) is 25.5 Å². The number of rotatable bonds is 4. The molecule has 4 heteroatoms. The summed E-state index contributed by atoms with van der Waals surface area (Å²) in [5.41, 5.74) is -0.463. The van der Waals surface area contributed by atoms with Crippen LogP contribution in [-0.2, 0) is 14.9 Å². The molecular weight excluding hydrogens is 208 g/mol. The van der Waals surface area contributed by atoms with Crippen molar-refractivity contribution in [3.63, 3.8) is 0 Å². The summed E-state index contributed by atoms with van der Waals surface area (Å²) in [5.74, 6) is 0.332. The van der Waals surface area contributed by atoms with Gasteiger partial charge >= 0.3 is 5.97 Å². The second kappa shape index (κ2) is 3.94. The number of ether oxygens (including phenoxy) is 1. The van der Waals surface area contributed by atoms with Crippen LogP contribution in [0, 0.1) is 12.8 Å². The van der Waals surface area contributed by atoms with Crippen LogP contribution in [-0.4, -0.2) is 24.3 Å². The standard InChI is InChI=1S/C12H16O4/c1-3-9(11(13)14)12(6-15-7-12)10-5-4-8(2)16-10/h4-5,9H,3,6-7H2,1-2H3,(H,13,14). The van der Waals surface area contributed by atoms with Crippen LogP contribution in [0.3, 0.4) is 0 Å². The van der Waals surface area contributed by atoms with Crippen molar-refractivity contribution >= 4 is 5.97 Å². The van der Waals surface area contributed by atoms with Gasteiger partial charge < -0.3 is 14.3 Å². The number of carboxylic acid groups (broad SMARTS) is 1. The quantitative estimate of drug-likeness (QED) is 0.849. The van der Waals surface area contributed by atoms with Crippen LogP contribution in [0.25, 0.3) is 0 Å². The summed E-state index contributed by atoms with van der Waals surface area (Å²) in [5, 5.41) is 9.24. The van der Waals surface area contributed by atoms with Gasteiger partial charge in [0.25, 0.3) is 0 Å². The number of hydrogen-bond donors (Lipinski definition) is 1. The molecule has 0 aromatic carbocycles. The van der Waals surface area contributed by atoms with Crippen molar-refractivity contribution in [3.8, 4) is 0 Å². The predicted molar refractivity (Wildman–Crippen MR) is 57.4 cm³/mol. The average molecular weight is 224 g/mol. The molecule has 1 aliphatic rings. The summed E-state index contributed by atoms with van der Waals surface area (Å²) in [6, 6.07) is 3.73. The van der Waals surface area contributed by atoms with E-state index in [-0.39, 0.29) is 0 Å². The minimum absolute atomic E-state index is 0.435. The first-order chi connectivity index (χ1) is 7.60. The minimum atomic E-state index is -0.778. The van der Waals surface area contributed by atoms with E-state index in [0.717, 1.165) is 11.5 Å². The highest BCUT2D eigenvalue weighted by Gasteiger charge is 2.52. The Balaban J connectivity index is 2.35. The molecule has 1 aromatic heterocycles. The average Bonchev–Trinajstić information content (AvgIpc) is 2.57. The molecule has 16 heavy (non-hydrogen) atoms. The Labute approximate surface area is 94.2 Å². The number of carbonyl (C=O) groups is 1. The highest BCUT2D eigenvalue weighted by atomic mass is 16.5. The van der Waals surface area contributed by atoms with E-state index in [4.69, 9.17) is 9.15 Å². The van der Waals surface area contributed by atoms with Crippen molar-refractivity contribution in [2.75, 3.05) is 13.2 Å². The summed E-state index contributed by atoms with van der Waals surface area (Å²) in [7, 11) is 0. The molecule has 88 valence electrons. The van der Waals surface area contributed by atoms with E-state index in [2.05, 4.69) is 0 Å². The summed E-state index contributed by atoms with van der Waals surface area (Å²) >= 11 is 0. The van der Waals surface area contributed by atoms with Gasteiger partial charge in [-0.25, -0.2) is 0 Å². The Kier molecular flexibility index (Phi) is 2.76. The van der Waals surface area contributed by atoms with Crippen LogP contribution in [0.15, 0.2) is 16.5 Å². The van der Waals surface area contributed by atoms with E-state index in [1.54, 1.807) is 0 Å². The lowest BCUT2D eigenvalue weighted by molar-refractivity contribution is -0.159. The Bertz CT molecular complexity index is 389. The third-order valence-electron chi connectivity index (χ3n) is 3.32. The summed E-state index contributed by atoms with van der Waals surface area (Å²) in [4.78, 5) is 11.3. The van der Waals surface area contributed by atoms with Crippen LogP contribution in [0.4, 0.5) is 0 Å². The van der Waals surface area contributed by atoms with Gasteiger partial charge in [0, 0.05) is 0 Å². The third kappa shape index (κ3) is 1.53. The van der Waals surface area contributed by atoms with Gasteiger partial charge in [0.15, 0.2) is 0 Å². The fourth-order valence-corrected chi connectivity index (χ4v) is 2.34. The predicted octanol–water partition coefficient (Wildman–Crippen LogP) is 1.97. The van der Waals surface area contributed by atoms with Crippen molar-refractivity contribution in [1.29, 1.82) is 0 Å². The molecule has 0 spiro atoms. The first-order valence-corrected chi connectivity index (χ1v) is 5.47. The molecule has 4 nitrogen and oxygen atoms in total. The van der Waals surface area contributed by atoms with E-state index in [9.17, 15) is 9.90 Å². The van der Waals surface area contributed by atoms with Crippen LogP contribution < -0.4 is 0 Å². The number of aryl methyl sites for hydroxylation is 1. The Hall–Kier alpha value is -1.29. The molecule has 0 bridgehead atoms. The maximum atomic E-state index is 11.3. The Morgan fingerprint density at radius 2 is 2.25 bits per heavy atom. The number of furan rings is 1. The zero-order valence-corrected chi connectivity index (χ0v) is 9.53. The maximum Gasteiger partial charge on any atom is 0.307 e. The second-order valence-electron chi connectivity index (χ2n) is 4.36. The molecule has 2 heterocycles. The number of aliphatic carboxylic acids is 1. The van der Waals surface area contributed by atoms with Crippen molar-refractivity contribution < 1.29 is 19.1 Å². The molecule has 1 saturated heterocycles. The lowest BCUT2D eigenvalue weighted by Gasteiger charge is -2.43. The van der Waals surface area contributed by atoms with Crippen LogP contribution in [0.5, 0.6) is 0 Å². The van der Waals surface area contributed by atoms with Crippen molar-refractivity contribution in [2.45, 2.75) is 25.7 Å². The summed E-state index contributed by atoms with van der Waals surface area (Å²) in [6.45, 7) is 4.61. The first-order valence-electron chi connectivity index (χ1n) is 5.47. The fourth-order valence-electron chi connectivity index (χ4n) is 2.34. The van der Waals surface area contributed by atoms with E-state index < -0.39 is 17.3 Å². The molecule has 0 saturated carbocycles. The molecular formula is C12H16O4. The van der Waals surface area contributed by atoms with E-state index >= 15 is 0 Å².